The van der Waals surface area contributed by atoms with Crippen molar-refractivity contribution in [2.45, 2.75) is 4.21 Å². The number of piperazine rings is 1. The zero-order valence-corrected chi connectivity index (χ0v) is 18.8. The highest BCUT2D eigenvalue weighted by molar-refractivity contribution is 7.94. The number of hydrogen-bond donors (Lipinski definition) is 2. The SMILES string of the molecule is O=C(O)c1cc(NS(=O)(=O)c2ccc(Cl)s2)ccc1N1CCN(c2ccccc2)CC1. The Hall–Kier alpha value is -2.75. The van der Waals surface area contributed by atoms with Crippen molar-refractivity contribution >= 4 is 56.0 Å². The number of rotatable bonds is 6. The number of halogens is 1. The van der Waals surface area contributed by atoms with E-state index in [1.54, 1.807) is 12.1 Å². The Balaban J connectivity index is 1.52. The minimum Gasteiger partial charge on any atom is -0.478 e. The predicted octanol–water partition coefficient (Wildman–Crippen LogP) is 4.23. The lowest BCUT2D eigenvalue weighted by atomic mass is 10.1. The molecule has 2 N–H and O–H groups in total. The minimum absolute atomic E-state index is 0.0533. The first-order valence-corrected chi connectivity index (χ1v) is 12.2. The van der Waals surface area contributed by atoms with Gasteiger partial charge in [-0.2, -0.15) is 0 Å². The molecule has 10 heteroatoms. The highest BCUT2D eigenvalue weighted by Gasteiger charge is 2.23. The van der Waals surface area contributed by atoms with Gasteiger partial charge >= 0.3 is 5.97 Å². The van der Waals surface area contributed by atoms with Gasteiger partial charge in [0.25, 0.3) is 10.0 Å². The third kappa shape index (κ3) is 4.79. The summed E-state index contributed by atoms with van der Waals surface area (Å²) < 4.78 is 27.9. The van der Waals surface area contributed by atoms with E-state index in [0.29, 0.717) is 23.1 Å². The first-order valence-electron chi connectivity index (χ1n) is 9.54. The Kier molecular flexibility index (Phi) is 6.08. The standard InChI is InChI=1S/C21H20ClN3O4S2/c22-19-8-9-20(30-19)31(28,29)23-15-6-7-18(17(14-15)21(26)27)25-12-10-24(11-13-25)16-4-2-1-3-5-16/h1-9,14,23H,10-13H2,(H,26,27). The van der Waals surface area contributed by atoms with Gasteiger partial charge in [0, 0.05) is 37.6 Å². The summed E-state index contributed by atoms with van der Waals surface area (Å²) in [6, 6.07) is 17.6. The van der Waals surface area contributed by atoms with Crippen LogP contribution in [0.1, 0.15) is 10.4 Å². The monoisotopic (exact) mass is 477 g/mol. The van der Waals surface area contributed by atoms with Gasteiger partial charge < -0.3 is 14.9 Å². The molecule has 1 fully saturated rings. The van der Waals surface area contributed by atoms with Crippen LogP contribution in [0.5, 0.6) is 0 Å². The van der Waals surface area contributed by atoms with Crippen LogP contribution in [0.4, 0.5) is 17.1 Å². The van der Waals surface area contributed by atoms with Crippen molar-refractivity contribution < 1.29 is 18.3 Å². The van der Waals surface area contributed by atoms with Crippen LogP contribution >= 0.6 is 22.9 Å². The summed E-state index contributed by atoms with van der Waals surface area (Å²) in [4.78, 5) is 16.2. The number of aromatic carboxylic acids is 1. The molecule has 2 aromatic carbocycles. The van der Waals surface area contributed by atoms with Crippen LogP contribution in [-0.2, 0) is 10.0 Å². The van der Waals surface area contributed by atoms with Crippen LogP contribution in [-0.4, -0.2) is 45.7 Å². The van der Waals surface area contributed by atoms with Gasteiger partial charge in [0.2, 0.25) is 0 Å². The highest BCUT2D eigenvalue weighted by atomic mass is 35.5. The molecular weight excluding hydrogens is 458 g/mol. The number of thiophene rings is 1. The fourth-order valence-corrected chi connectivity index (χ4v) is 6.07. The first-order chi connectivity index (χ1) is 14.8. The molecule has 1 aliphatic rings. The van der Waals surface area contributed by atoms with E-state index in [-0.39, 0.29) is 15.5 Å². The largest absolute Gasteiger partial charge is 0.478 e. The molecule has 0 amide bonds. The van der Waals surface area contributed by atoms with Gasteiger partial charge in [0.15, 0.2) is 0 Å². The molecule has 0 atom stereocenters. The summed E-state index contributed by atoms with van der Waals surface area (Å²) in [6.45, 7) is 2.84. The predicted molar refractivity (Wildman–Crippen MR) is 124 cm³/mol. The molecular formula is C21H20ClN3O4S2. The average molecular weight is 478 g/mol. The van der Waals surface area contributed by atoms with E-state index in [1.165, 1.54) is 18.2 Å². The van der Waals surface area contributed by atoms with Gasteiger partial charge in [-0.3, -0.25) is 4.72 Å². The lowest BCUT2D eigenvalue weighted by Crippen LogP contribution is -2.47. The number of para-hydroxylation sites is 1. The second-order valence-electron chi connectivity index (χ2n) is 7.01. The maximum atomic E-state index is 12.5. The molecule has 1 aliphatic heterocycles. The second kappa shape index (κ2) is 8.78. The third-order valence-corrected chi connectivity index (χ3v) is 8.14. The number of hydrogen-bond acceptors (Lipinski definition) is 6. The van der Waals surface area contributed by atoms with E-state index in [2.05, 4.69) is 21.8 Å². The summed E-state index contributed by atoms with van der Waals surface area (Å²) in [6.07, 6.45) is 0. The van der Waals surface area contributed by atoms with Crippen molar-refractivity contribution in [2.24, 2.45) is 0 Å². The second-order valence-corrected chi connectivity index (χ2v) is 10.6. The van der Waals surface area contributed by atoms with Crippen LogP contribution in [0, 0.1) is 0 Å². The number of nitrogens with zero attached hydrogens (tertiary/aromatic N) is 2. The van der Waals surface area contributed by atoms with Crippen molar-refractivity contribution in [2.75, 3.05) is 40.7 Å². The topological polar surface area (TPSA) is 89.9 Å². The molecule has 4 rings (SSSR count). The van der Waals surface area contributed by atoms with E-state index in [4.69, 9.17) is 11.6 Å². The number of benzene rings is 2. The Morgan fingerprint density at radius 2 is 1.65 bits per heavy atom. The van der Waals surface area contributed by atoms with E-state index < -0.39 is 16.0 Å². The van der Waals surface area contributed by atoms with Crippen molar-refractivity contribution in [1.82, 2.24) is 0 Å². The zero-order valence-electron chi connectivity index (χ0n) is 16.4. The number of carboxylic acid groups (broad SMARTS) is 1. The maximum absolute atomic E-state index is 12.5. The molecule has 0 spiro atoms. The molecule has 0 bridgehead atoms. The molecule has 7 nitrogen and oxygen atoms in total. The summed E-state index contributed by atoms with van der Waals surface area (Å²) in [7, 11) is -3.84. The molecule has 0 radical (unpaired) electrons. The molecule has 1 aromatic heterocycles. The average Bonchev–Trinajstić information content (AvgIpc) is 3.22. The van der Waals surface area contributed by atoms with Crippen LogP contribution in [0.15, 0.2) is 64.9 Å². The van der Waals surface area contributed by atoms with Gasteiger partial charge in [-0.05, 0) is 42.5 Å². The number of sulfonamides is 1. The van der Waals surface area contributed by atoms with Gasteiger partial charge in [0.05, 0.1) is 15.6 Å². The quantitative estimate of drug-likeness (QED) is 0.552. The molecule has 31 heavy (non-hydrogen) atoms. The summed E-state index contributed by atoms with van der Waals surface area (Å²) in [5.41, 5.74) is 1.95. The Morgan fingerprint density at radius 3 is 2.26 bits per heavy atom. The molecule has 0 saturated carbocycles. The maximum Gasteiger partial charge on any atom is 0.337 e. The number of nitrogens with one attached hydrogen (secondary N) is 1. The summed E-state index contributed by atoms with van der Waals surface area (Å²) >= 11 is 6.77. The van der Waals surface area contributed by atoms with Crippen LogP contribution in [0.2, 0.25) is 4.34 Å². The van der Waals surface area contributed by atoms with Crippen LogP contribution in [0.3, 0.4) is 0 Å². The zero-order chi connectivity index (χ0) is 22.0. The molecule has 1 saturated heterocycles. The first kappa shape index (κ1) is 21.5. The van der Waals surface area contributed by atoms with Crippen LogP contribution in [0.25, 0.3) is 0 Å². The molecule has 2 heterocycles. The van der Waals surface area contributed by atoms with E-state index in [9.17, 15) is 18.3 Å². The van der Waals surface area contributed by atoms with Crippen molar-refractivity contribution in [3.05, 3.63) is 70.6 Å². The molecule has 3 aromatic rings. The third-order valence-electron chi connectivity index (χ3n) is 5.03. The Morgan fingerprint density at radius 1 is 0.968 bits per heavy atom. The number of carboxylic acids is 1. The van der Waals surface area contributed by atoms with Gasteiger partial charge in [-0.25, -0.2) is 13.2 Å². The fraction of sp³-hybridized carbons (Fsp3) is 0.190. The van der Waals surface area contributed by atoms with Gasteiger partial charge in [-0.15, -0.1) is 11.3 Å². The lowest BCUT2D eigenvalue weighted by molar-refractivity contribution is 0.0697. The van der Waals surface area contributed by atoms with E-state index >= 15 is 0 Å². The van der Waals surface area contributed by atoms with Crippen molar-refractivity contribution in [3.8, 4) is 0 Å². The van der Waals surface area contributed by atoms with Crippen molar-refractivity contribution in [1.29, 1.82) is 0 Å². The molecule has 0 aliphatic carbocycles. The Labute approximate surface area is 189 Å². The van der Waals surface area contributed by atoms with Crippen molar-refractivity contribution in [3.63, 3.8) is 0 Å². The van der Waals surface area contributed by atoms with E-state index in [1.807, 2.05) is 23.1 Å². The number of anilines is 3. The summed E-state index contributed by atoms with van der Waals surface area (Å²) in [5, 5.41) is 9.74. The number of carbonyl (C=O) groups is 1. The van der Waals surface area contributed by atoms with E-state index in [0.717, 1.165) is 30.1 Å². The fourth-order valence-electron chi connectivity index (χ4n) is 3.54. The smallest absolute Gasteiger partial charge is 0.337 e. The lowest BCUT2D eigenvalue weighted by Gasteiger charge is -2.38. The summed E-state index contributed by atoms with van der Waals surface area (Å²) in [5.74, 6) is -1.11. The Bertz CT molecular complexity index is 1190. The molecule has 0 unspecified atom stereocenters. The minimum atomic E-state index is -3.84. The normalized spacial score (nSPS) is 14.5. The van der Waals surface area contributed by atoms with Crippen LogP contribution < -0.4 is 14.5 Å². The molecule has 162 valence electrons. The van der Waals surface area contributed by atoms with Gasteiger partial charge in [-0.1, -0.05) is 29.8 Å². The van der Waals surface area contributed by atoms with Gasteiger partial charge in [0.1, 0.15) is 4.21 Å². The highest BCUT2D eigenvalue weighted by Crippen LogP contribution is 2.30.